The molecule has 0 fully saturated rings. The van der Waals surface area contributed by atoms with E-state index in [1.807, 2.05) is 82.3 Å². The quantitative estimate of drug-likeness (QED) is 0.642. The van der Waals surface area contributed by atoms with E-state index in [2.05, 4.69) is 10.4 Å². The van der Waals surface area contributed by atoms with E-state index in [1.165, 1.54) is 0 Å². The Hall–Kier alpha value is -3.41. The molecular weight excluding hydrogens is 378 g/mol. The topological polar surface area (TPSA) is 73.2 Å². The first-order valence-corrected chi connectivity index (χ1v) is 9.89. The first-order valence-electron chi connectivity index (χ1n) is 9.89. The van der Waals surface area contributed by atoms with E-state index >= 15 is 0 Å². The number of aromatic nitrogens is 2. The number of hydrogen-bond donors (Lipinski definition) is 1. The molecule has 0 spiro atoms. The van der Waals surface area contributed by atoms with E-state index in [4.69, 9.17) is 4.74 Å². The summed E-state index contributed by atoms with van der Waals surface area (Å²) in [5, 5.41) is 7.45. The largest absolute Gasteiger partial charge is 0.449 e. The lowest BCUT2D eigenvalue weighted by Gasteiger charge is -2.23. The molecule has 3 rings (SSSR count). The van der Waals surface area contributed by atoms with Gasteiger partial charge in [-0.1, -0.05) is 48.0 Å². The number of esters is 1. The number of carbonyl (C=O) groups is 2. The van der Waals surface area contributed by atoms with Crippen molar-refractivity contribution in [2.45, 2.75) is 46.3 Å². The number of carbonyl (C=O) groups excluding carboxylic acids is 2. The molecule has 2 aromatic carbocycles. The summed E-state index contributed by atoms with van der Waals surface area (Å²) in [6.07, 6.45) is 0.715. The maximum atomic E-state index is 13.0. The molecular formula is C24H27N3O3. The molecule has 1 amide bonds. The molecule has 0 radical (unpaired) electrons. The zero-order valence-electron chi connectivity index (χ0n) is 18.0. The van der Waals surface area contributed by atoms with E-state index in [0.717, 1.165) is 16.8 Å². The molecule has 0 saturated carbocycles. The molecule has 1 heterocycles. The number of benzene rings is 2. The van der Waals surface area contributed by atoms with Gasteiger partial charge in [-0.2, -0.15) is 5.10 Å². The van der Waals surface area contributed by atoms with Gasteiger partial charge < -0.3 is 10.1 Å². The molecule has 6 heteroatoms. The average molecular weight is 405 g/mol. The molecule has 30 heavy (non-hydrogen) atoms. The lowest BCUT2D eigenvalue weighted by Crippen LogP contribution is -2.46. The van der Waals surface area contributed by atoms with Crippen molar-refractivity contribution < 1.29 is 14.3 Å². The number of ether oxygens (including phenoxy) is 1. The van der Waals surface area contributed by atoms with Crippen LogP contribution in [0.25, 0.3) is 16.9 Å². The molecule has 0 aliphatic carbocycles. The van der Waals surface area contributed by atoms with E-state index < -0.39 is 17.6 Å². The smallest absolute Gasteiger partial charge is 0.342 e. The van der Waals surface area contributed by atoms with Gasteiger partial charge >= 0.3 is 5.97 Å². The van der Waals surface area contributed by atoms with Crippen molar-refractivity contribution in [2.24, 2.45) is 0 Å². The molecule has 0 aliphatic rings. The van der Waals surface area contributed by atoms with Crippen molar-refractivity contribution in [2.75, 3.05) is 0 Å². The van der Waals surface area contributed by atoms with Crippen LogP contribution in [0.3, 0.4) is 0 Å². The molecule has 6 nitrogen and oxygen atoms in total. The Morgan fingerprint density at radius 1 is 1.03 bits per heavy atom. The van der Waals surface area contributed by atoms with Crippen LogP contribution in [0.2, 0.25) is 0 Å². The number of amides is 1. The second-order valence-electron chi connectivity index (χ2n) is 8.32. The summed E-state index contributed by atoms with van der Waals surface area (Å²) >= 11 is 0. The van der Waals surface area contributed by atoms with Gasteiger partial charge in [0.1, 0.15) is 11.3 Å². The van der Waals surface area contributed by atoms with Crippen LogP contribution in [-0.2, 0) is 9.53 Å². The van der Waals surface area contributed by atoms with Crippen LogP contribution in [0, 0.1) is 6.92 Å². The van der Waals surface area contributed by atoms with E-state index in [1.54, 1.807) is 17.8 Å². The molecule has 0 saturated heterocycles. The van der Waals surface area contributed by atoms with Gasteiger partial charge in [0.25, 0.3) is 5.91 Å². The zero-order valence-corrected chi connectivity index (χ0v) is 18.0. The van der Waals surface area contributed by atoms with Crippen molar-refractivity contribution >= 4 is 11.9 Å². The fourth-order valence-electron chi connectivity index (χ4n) is 2.91. The minimum atomic E-state index is -0.928. The Bertz CT molecular complexity index is 1030. The fraction of sp³-hybridized carbons (Fsp3) is 0.292. The van der Waals surface area contributed by atoms with E-state index in [9.17, 15) is 9.59 Å². The summed E-state index contributed by atoms with van der Waals surface area (Å²) in [5.41, 5.74) is 3.15. The van der Waals surface area contributed by atoms with Gasteiger partial charge in [0.15, 0.2) is 6.10 Å². The summed E-state index contributed by atoms with van der Waals surface area (Å²) < 4.78 is 7.12. The third kappa shape index (κ3) is 5.14. The van der Waals surface area contributed by atoms with Crippen molar-refractivity contribution in [3.63, 3.8) is 0 Å². The summed E-state index contributed by atoms with van der Waals surface area (Å²) in [6, 6.07) is 17.3. The van der Waals surface area contributed by atoms with Crippen LogP contribution in [0.1, 0.15) is 43.6 Å². The lowest BCUT2D eigenvalue weighted by atomic mass is 10.1. The molecule has 0 aliphatic heterocycles. The molecule has 156 valence electrons. The van der Waals surface area contributed by atoms with E-state index in [-0.39, 0.29) is 5.91 Å². The maximum absolute atomic E-state index is 13.0. The standard InChI is InChI=1S/C24H27N3O3/c1-16-11-13-19(14-12-16)27-15-20(21(26-27)18-9-7-6-8-10-18)23(29)30-17(2)22(28)25-24(3,4)5/h6-15,17H,1-5H3,(H,25,28). The second kappa shape index (κ2) is 8.53. The Labute approximate surface area is 176 Å². The first kappa shape index (κ1) is 21.3. The number of nitrogens with zero attached hydrogens (tertiary/aromatic N) is 2. The first-order chi connectivity index (χ1) is 14.1. The highest BCUT2D eigenvalue weighted by Crippen LogP contribution is 2.25. The van der Waals surface area contributed by atoms with Gasteiger partial charge in [-0.15, -0.1) is 0 Å². The highest BCUT2D eigenvalue weighted by Gasteiger charge is 2.26. The van der Waals surface area contributed by atoms with Gasteiger partial charge in [-0.3, -0.25) is 4.79 Å². The Balaban J connectivity index is 1.93. The highest BCUT2D eigenvalue weighted by atomic mass is 16.5. The van der Waals surface area contributed by atoms with Crippen LogP contribution >= 0.6 is 0 Å². The molecule has 3 aromatic rings. The molecule has 1 unspecified atom stereocenters. The van der Waals surface area contributed by atoms with Crippen molar-refractivity contribution in [1.29, 1.82) is 0 Å². The monoisotopic (exact) mass is 405 g/mol. The Kier molecular flexibility index (Phi) is 6.06. The van der Waals surface area contributed by atoms with Gasteiger partial charge in [0.2, 0.25) is 0 Å². The molecule has 0 bridgehead atoms. The van der Waals surface area contributed by atoms with Gasteiger partial charge in [0.05, 0.1) is 5.69 Å². The van der Waals surface area contributed by atoms with Gasteiger partial charge in [-0.05, 0) is 46.8 Å². The van der Waals surface area contributed by atoms with Gasteiger partial charge in [0, 0.05) is 17.3 Å². The SMILES string of the molecule is Cc1ccc(-n2cc(C(=O)OC(C)C(=O)NC(C)(C)C)c(-c3ccccc3)n2)cc1. The van der Waals surface area contributed by atoms with Crippen LogP contribution in [0.4, 0.5) is 0 Å². The molecule has 1 N–H and O–H groups in total. The minimum absolute atomic E-state index is 0.303. The Morgan fingerprint density at radius 3 is 2.27 bits per heavy atom. The zero-order chi connectivity index (χ0) is 21.9. The van der Waals surface area contributed by atoms with Crippen LogP contribution in [0.5, 0.6) is 0 Å². The highest BCUT2D eigenvalue weighted by molar-refractivity contribution is 5.97. The fourth-order valence-corrected chi connectivity index (χ4v) is 2.91. The van der Waals surface area contributed by atoms with Crippen molar-refractivity contribution in [1.82, 2.24) is 15.1 Å². The summed E-state index contributed by atoms with van der Waals surface area (Å²) in [6.45, 7) is 9.19. The predicted octanol–water partition coefficient (Wildman–Crippen LogP) is 4.31. The number of aryl methyl sites for hydroxylation is 1. The second-order valence-corrected chi connectivity index (χ2v) is 8.32. The minimum Gasteiger partial charge on any atom is -0.449 e. The lowest BCUT2D eigenvalue weighted by molar-refractivity contribution is -0.130. The van der Waals surface area contributed by atoms with Crippen LogP contribution in [-0.4, -0.2) is 33.3 Å². The summed E-state index contributed by atoms with van der Waals surface area (Å²) in [5.74, 6) is -0.938. The summed E-state index contributed by atoms with van der Waals surface area (Å²) in [7, 11) is 0. The third-order valence-electron chi connectivity index (χ3n) is 4.43. The normalized spacial score (nSPS) is 12.3. The third-order valence-corrected chi connectivity index (χ3v) is 4.43. The van der Waals surface area contributed by atoms with E-state index in [0.29, 0.717) is 11.3 Å². The van der Waals surface area contributed by atoms with Crippen molar-refractivity contribution in [3.8, 4) is 16.9 Å². The number of rotatable bonds is 5. The molecule has 1 aromatic heterocycles. The predicted molar refractivity (Wildman–Crippen MR) is 117 cm³/mol. The van der Waals surface area contributed by atoms with Crippen molar-refractivity contribution in [3.05, 3.63) is 71.9 Å². The maximum Gasteiger partial charge on any atom is 0.342 e. The number of hydrogen-bond acceptors (Lipinski definition) is 4. The number of nitrogens with one attached hydrogen (secondary N) is 1. The van der Waals surface area contributed by atoms with Gasteiger partial charge in [-0.25, -0.2) is 9.48 Å². The summed E-state index contributed by atoms with van der Waals surface area (Å²) in [4.78, 5) is 25.3. The van der Waals surface area contributed by atoms with Crippen LogP contribution in [0.15, 0.2) is 60.8 Å². The van der Waals surface area contributed by atoms with Crippen LogP contribution < -0.4 is 5.32 Å². The average Bonchev–Trinajstić information content (AvgIpc) is 3.13. The Morgan fingerprint density at radius 2 is 1.67 bits per heavy atom. The molecule has 1 atom stereocenters.